The molecule has 0 unspecified atom stereocenters. The van der Waals surface area contributed by atoms with Crippen LogP contribution in [0.15, 0.2) is 30.4 Å². The fraction of sp³-hybridized carbons (Fsp3) is 0.333. The van der Waals surface area contributed by atoms with Crippen molar-refractivity contribution in [3.8, 4) is 17.2 Å². The number of fused-ring (bicyclic) bond motifs is 3. The van der Waals surface area contributed by atoms with E-state index < -0.39 is 0 Å². The Morgan fingerprint density at radius 3 is 2.21 bits per heavy atom. The molecule has 1 aliphatic carbocycles. The van der Waals surface area contributed by atoms with E-state index in [-0.39, 0.29) is 17.9 Å². The van der Waals surface area contributed by atoms with Crippen LogP contribution in [-0.4, -0.2) is 21.3 Å². The second-order valence-corrected chi connectivity index (χ2v) is 8.07. The second-order valence-electron chi connectivity index (χ2n) is 6.88. The maximum absolute atomic E-state index is 6.56. The predicted molar refractivity (Wildman–Crippen MR) is 114 cm³/mol. The first kappa shape index (κ1) is 19.6. The molecule has 0 bridgehead atoms. The number of benzene rings is 2. The van der Waals surface area contributed by atoms with Gasteiger partial charge in [-0.3, -0.25) is 0 Å². The molecule has 28 heavy (non-hydrogen) atoms. The Labute approximate surface area is 179 Å². The molecule has 1 heterocycles. The van der Waals surface area contributed by atoms with Crippen LogP contribution in [0.25, 0.3) is 0 Å². The molecule has 2 aliphatic rings. The third-order valence-corrected chi connectivity index (χ3v) is 6.63. The summed E-state index contributed by atoms with van der Waals surface area (Å²) in [6.07, 6.45) is 5.29. The summed E-state index contributed by atoms with van der Waals surface area (Å²) in [5.74, 6) is 2.20. The summed E-state index contributed by atoms with van der Waals surface area (Å²) < 4.78 is 16.5. The molecule has 0 fully saturated rings. The topological polar surface area (TPSA) is 39.7 Å². The van der Waals surface area contributed by atoms with Crippen molar-refractivity contribution >= 4 is 40.5 Å². The Morgan fingerprint density at radius 2 is 1.61 bits per heavy atom. The zero-order valence-corrected chi connectivity index (χ0v) is 18.0. The van der Waals surface area contributed by atoms with E-state index in [1.165, 1.54) is 0 Å². The first-order chi connectivity index (χ1) is 13.5. The van der Waals surface area contributed by atoms with Crippen molar-refractivity contribution in [2.24, 2.45) is 5.92 Å². The molecule has 4 rings (SSSR count). The summed E-state index contributed by atoms with van der Waals surface area (Å²) >= 11 is 19.4. The minimum absolute atomic E-state index is 0.00375. The monoisotopic (exact) mass is 439 g/mol. The van der Waals surface area contributed by atoms with Crippen LogP contribution in [0, 0.1) is 5.92 Å². The molecule has 148 valence electrons. The van der Waals surface area contributed by atoms with Crippen LogP contribution in [0.1, 0.15) is 29.5 Å². The Morgan fingerprint density at radius 1 is 0.929 bits per heavy atom. The Kier molecular flexibility index (Phi) is 5.30. The normalized spacial score (nSPS) is 22.3. The number of rotatable bonds is 4. The lowest BCUT2D eigenvalue weighted by Crippen LogP contribution is -2.29. The van der Waals surface area contributed by atoms with Crippen molar-refractivity contribution in [2.75, 3.05) is 26.6 Å². The number of ether oxygens (including phenoxy) is 3. The molecule has 0 amide bonds. The highest BCUT2D eigenvalue weighted by molar-refractivity contribution is 6.44. The molecule has 1 aliphatic heterocycles. The number of halogens is 3. The van der Waals surface area contributed by atoms with Gasteiger partial charge in [0.15, 0.2) is 11.5 Å². The van der Waals surface area contributed by atoms with Crippen LogP contribution in [0.2, 0.25) is 15.1 Å². The largest absolute Gasteiger partial charge is 0.493 e. The van der Waals surface area contributed by atoms with Gasteiger partial charge in [-0.05, 0) is 36.1 Å². The number of hydrogen-bond donors (Lipinski definition) is 1. The maximum atomic E-state index is 6.56. The van der Waals surface area contributed by atoms with Gasteiger partial charge in [0.2, 0.25) is 5.75 Å². The van der Waals surface area contributed by atoms with Crippen molar-refractivity contribution in [1.82, 2.24) is 0 Å². The number of methoxy groups -OCH3 is 3. The molecule has 1 N–H and O–H groups in total. The van der Waals surface area contributed by atoms with Gasteiger partial charge in [0.05, 0.1) is 48.1 Å². The molecule has 7 heteroatoms. The molecular formula is C21H20Cl3NO3. The minimum Gasteiger partial charge on any atom is -0.493 e. The molecule has 2 aromatic carbocycles. The van der Waals surface area contributed by atoms with E-state index in [9.17, 15) is 0 Å². The Bertz CT molecular complexity index is 935. The summed E-state index contributed by atoms with van der Waals surface area (Å²) in [5, 5.41) is 5.17. The lowest BCUT2D eigenvalue weighted by molar-refractivity contribution is 0.322. The predicted octanol–water partition coefficient (Wildman–Crippen LogP) is 6.50. The van der Waals surface area contributed by atoms with E-state index >= 15 is 0 Å². The van der Waals surface area contributed by atoms with Gasteiger partial charge >= 0.3 is 0 Å². The summed E-state index contributed by atoms with van der Waals surface area (Å²) in [6, 6.07) is 5.63. The Balaban J connectivity index is 1.86. The van der Waals surface area contributed by atoms with Gasteiger partial charge in [0.1, 0.15) is 0 Å². The van der Waals surface area contributed by atoms with Gasteiger partial charge in [-0.25, -0.2) is 0 Å². The smallest absolute Gasteiger partial charge is 0.203 e. The lowest BCUT2D eigenvalue weighted by Gasteiger charge is -2.38. The fourth-order valence-electron chi connectivity index (χ4n) is 4.27. The third kappa shape index (κ3) is 2.99. The van der Waals surface area contributed by atoms with E-state index in [1.54, 1.807) is 27.4 Å². The van der Waals surface area contributed by atoms with Gasteiger partial charge in [-0.15, -0.1) is 0 Å². The van der Waals surface area contributed by atoms with Crippen molar-refractivity contribution < 1.29 is 14.2 Å². The number of anilines is 1. The van der Waals surface area contributed by atoms with Crippen molar-refractivity contribution in [1.29, 1.82) is 0 Å². The average Bonchev–Trinajstić information content (AvgIpc) is 3.19. The van der Waals surface area contributed by atoms with Crippen LogP contribution in [0.5, 0.6) is 17.2 Å². The van der Waals surface area contributed by atoms with Gasteiger partial charge < -0.3 is 19.5 Å². The van der Waals surface area contributed by atoms with Gasteiger partial charge in [0, 0.05) is 11.5 Å². The van der Waals surface area contributed by atoms with Crippen LogP contribution in [0.4, 0.5) is 5.69 Å². The molecule has 3 atom stereocenters. The van der Waals surface area contributed by atoms with Crippen molar-refractivity contribution in [3.63, 3.8) is 0 Å². The molecule has 4 nitrogen and oxygen atoms in total. The minimum atomic E-state index is -0.00375. The molecular weight excluding hydrogens is 421 g/mol. The van der Waals surface area contributed by atoms with Gasteiger partial charge in [0.25, 0.3) is 0 Å². The number of hydrogen-bond acceptors (Lipinski definition) is 4. The summed E-state index contributed by atoms with van der Waals surface area (Å²) in [6.45, 7) is 0. The summed E-state index contributed by atoms with van der Waals surface area (Å²) in [4.78, 5) is 0. The van der Waals surface area contributed by atoms with Gasteiger partial charge in [-0.2, -0.15) is 0 Å². The van der Waals surface area contributed by atoms with Crippen molar-refractivity contribution in [3.05, 3.63) is 56.5 Å². The zero-order valence-electron chi connectivity index (χ0n) is 15.7. The maximum Gasteiger partial charge on any atom is 0.203 e. The molecule has 0 saturated heterocycles. The van der Waals surface area contributed by atoms with E-state index in [0.717, 1.165) is 23.2 Å². The molecule has 0 aromatic heterocycles. The van der Waals surface area contributed by atoms with E-state index in [1.807, 2.05) is 12.1 Å². The van der Waals surface area contributed by atoms with E-state index in [2.05, 4.69) is 17.5 Å². The summed E-state index contributed by atoms with van der Waals surface area (Å²) in [5.41, 5.74) is 2.81. The van der Waals surface area contributed by atoms with Crippen LogP contribution < -0.4 is 19.5 Å². The highest BCUT2D eigenvalue weighted by atomic mass is 35.5. The number of nitrogens with one attached hydrogen (secondary N) is 1. The van der Waals surface area contributed by atoms with Gasteiger partial charge in [-0.1, -0.05) is 47.0 Å². The SMILES string of the molecule is COc1cc([C@@H]2Nc3c(Cl)cc(Cl)c(Cl)c3[C@H]3C=CC[C@@H]32)cc(OC)c1OC. The third-order valence-electron chi connectivity index (χ3n) is 5.53. The molecule has 0 spiro atoms. The zero-order chi connectivity index (χ0) is 20.0. The van der Waals surface area contributed by atoms with E-state index in [0.29, 0.717) is 32.3 Å². The quantitative estimate of drug-likeness (QED) is 0.435. The van der Waals surface area contributed by atoms with Crippen LogP contribution >= 0.6 is 34.8 Å². The van der Waals surface area contributed by atoms with Crippen LogP contribution in [0.3, 0.4) is 0 Å². The summed E-state index contributed by atoms with van der Waals surface area (Å²) in [7, 11) is 4.82. The second kappa shape index (κ2) is 7.58. The standard InChI is InChI=1S/C21H20Cl3NO3/c1-26-15-7-10(8-16(27-2)21(15)28-3)19-12-6-4-5-11(12)17-18(24)13(22)9-14(23)20(17)25-19/h4-5,7-9,11-12,19,25H,6H2,1-3H3/t11-,12-,19-/m0/s1. The molecule has 0 saturated carbocycles. The average molecular weight is 441 g/mol. The fourth-order valence-corrected chi connectivity index (χ4v) is 5.08. The Hall–Kier alpha value is -1.75. The highest BCUT2D eigenvalue weighted by Crippen LogP contribution is 2.56. The molecule has 2 aromatic rings. The lowest BCUT2D eigenvalue weighted by atomic mass is 9.77. The number of allylic oxidation sites excluding steroid dienone is 2. The van der Waals surface area contributed by atoms with E-state index in [4.69, 9.17) is 49.0 Å². The highest BCUT2D eigenvalue weighted by Gasteiger charge is 2.41. The van der Waals surface area contributed by atoms with Crippen molar-refractivity contribution in [2.45, 2.75) is 18.4 Å². The molecule has 0 radical (unpaired) electrons. The van der Waals surface area contributed by atoms with Crippen LogP contribution in [-0.2, 0) is 0 Å². The first-order valence-electron chi connectivity index (χ1n) is 8.90. The first-order valence-corrected chi connectivity index (χ1v) is 10.0.